The van der Waals surface area contributed by atoms with Crippen LogP contribution in [0.2, 0.25) is 0 Å². The summed E-state index contributed by atoms with van der Waals surface area (Å²) in [5.41, 5.74) is -0.688. The summed E-state index contributed by atoms with van der Waals surface area (Å²) in [5, 5.41) is 21.8. The lowest BCUT2D eigenvalue weighted by Gasteiger charge is -2.07. The fraction of sp³-hybridized carbons (Fsp3) is 0. The molecule has 0 aliphatic carbocycles. The lowest BCUT2D eigenvalue weighted by Crippen LogP contribution is -2.14. The third-order valence-corrected chi connectivity index (χ3v) is 2.68. The fourth-order valence-electron chi connectivity index (χ4n) is 1.70. The van der Waals surface area contributed by atoms with E-state index in [1.165, 1.54) is 30.3 Å². The molecule has 7 heteroatoms. The van der Waals surface area contributed by atoms with E-state index in [-0.39, 0.29) is 11.1 Å². The van der Waals surface area contributed by atoms with Crippen molar-refractivity contribution >= 4 is 17.3 Å². The summed E-state index contributed by atoms with van der Waals surface area (Å²) < 4.78 is 13.7. The van der Waals surface area contributed by atoms with Gasteiger partial charge in [-0.05, 0) is 24.3 Å². The Labute approximate surface area is 118 Å². The molecule has 0 saturated heterocycles. The molecule has 0 atom stereocenters. The summed E-state index contributed by atoms with van der Waals surface area (Å²) in [7, 11) is 0. The van der Waals surface area contributed by atoms with Crippen LogP contribution >= 0.6 is 0 Å². The molecule has 2 aromatic rings. The van der Waals surface area contributed by atoms with Gasteiger partial charge >= 0.3 is 0 Å². The van der Waals surface area contributed by atoms with Crippen molar-refractivity contribution in [2.45, 2.75) is 0 Å². The maximum absolute atomic E-state index is 13.7. The van der Waals surface area contributed by atoms with Crippen LogP contribution in [0.4, 0.5) is 15.8 Å². The largest absolute Gasteiger partial charge is 0.314 e. The van der Waals surface area contributed by atoms with Gasteiger partial charge in [0.15, 0.2) is 11.5 Å². The summed E-state index contributed by atoms with van der Waals surface area (Å²) in [6.45, 7) is 0. The monoisotopic (exact) mass is 285 g/mol. The van der Waals surface area contributed by atoms with E-state index < -0.39 is 28.0 Å². The molecule has 0 fully saturated rings. The number of carbonyl (C=O) groups excluding carboxylic acids is 1. The average molecular weight is 285 g/mol. The van der Waals surface area contributed by atoms with Gasteiger partial charge in [-0.2, -0.15) is 5.26 Å². The third kappa shape index (κ3) is 3.01. The van der Waals surface area contributed by atoms with Crippen LogP contribution in [-0.4, -0.2) is 10.8 Å². The Hall–Kier alpha value is -3.27. The Balaban J connectivity index is 2.36. The van der Waals surface area contributed by atoms with Crippen LogP contribution < -0.4 is 5.32 Å². The molecule has 2 aromatic carbocycles. The van der Waals surface area contributed by atoms with Crippen molar-refractivity contribution in [2.24, 2.45) is 0 Å². The van der Waals surface area contributed by atoms with Crippen LogP contribution in [0, 0.1) is 27.3 Å². The number of nitro groups is 1. The lowest BCUT2D eigenvalue weighted by molar-refractivity contribution is -0.384. The predicted octanol–water partition coefficient (Wildman–Crippen LogP) is 2.86. The topological polar surface area (TPSA) is 96.0 Å². The number of carbonyl (C=O) groups is 1. The summed E-state index contributed by atoms with van der Waals surface area (Å²) in [6.07, 6.45) is 0. The van der Waals surface area contributed by atoms with Crippen LogP contribution in [0.15, 0.2) is 42.5 Å². The summed E-state index contributed by atoms with van der Waals surface area (Å²) in [5.74, 6) is -1.64. The first-order valence-corrected chi connectivity index (χ1v) is 5.77. The second-order valence-electron chi connectivity index (χ2n) is 4.04. The van der Waals surface area contributed by atoms with Crippen molar-refractivity contribution in [3.8, 4) is 6.07 Å². The smallest absolute Gasteiger partial charge is 0.295 e. The average Bonchev–Trinajstić information content (AvgIpc) is 2.49. The van der Waals surface area contributed by atoms with Crippen LogP contribution in [-0.2, 0) is 0 Å². The van der Waals surface area contributed by atoms with Gasteiger partial charge < -0.3 is 5.32 Å². The van der Waals surface area contributed by atoms with Crippen molar-refractivity contribution in [2.75, 3.05) is 5.32 Å². The minimum atomic E-state index is -0.908. The van der Waals surface area contributed by atoms with Crippen molar-refractivity contribution in [3.05, 3.63) is 69.5 Å². The Morgan fingerprint density at radius 3 is 2.67 bits per heavy atom. The molecule has 0 heterocycles. The molecule has 0 aliphatic heterocycles. The van der Waals surface area contributed by atoms with Gasteiger partial charge in [-0.15, -0.1) is 0 Å². The summed E-state index contributed by atoms with van der Waals surface area (Å²) in [4.78, 5) is 22.0. The highest BCUT2D eigenvalue weighted by molar-refractivity contribution is 6.05. The summed E-state index contributed by atoms with van der Waals surface area (Å²) >= 11 is 0. The molecule has 0 spiro atoms. The normalized spacial score (nSPS) is 9.71. The Kier molecular flexibility index (Phi) is 3.90. The maximum atomic E-state index is 13.7. The van der Waals surface area contributed by atoms with Gasteiger partial charge in [0, 0.05) is 11.6 Å². The van der Waals surface area contributed by atoms with Gasteiger partial charge in [0.05, 0.1) is 16.6 Å². The number of nitriles is 1. The fourth-order valence-corrected chi connectivity index (χ4v) is 1.70. The number of nitrogens with one attached hydrogen (secondary N) is 1. The van der Waals surface area contributed by atoms with E-state index in [0.29, 0.717) is 0 Å². The molecular formula is C14H8FN3O3. The molecule has 0 bridgehead atoms. The lowest BCUT2D eigenvalue weighted by atomic mass is 10.1. The van der Waals surface area contributed by atoms with Gasteiger partial charge in [-0.3, -0.25) is 14.9 Å². The van der Waals surface area contributed by atoms with Gasteiger partial charge in [-0.25, -0.2) is 4.39 Å². The SMILES string of the molecule is N#Cc1cccc(C(=O)Nc2c(F)cccc2[N+](=O)[O-])c1. The second-order valence-corrected chi connectivity index (χ2v) is 4.04. The van der Waals surface area contributed by atoms with E-state index in [1.54, 1.807) is 0 Å². The number of amides is 1. The molecule has 0 unspecified atom stereocenters. The quantitative estimate of drug-likeness (QED) is 0.692. The highest BCUT2D eigenvalue weighted by atomic mass is 19.1. The minimum Gasteiger partial charge on any atom is -0.314 e. The number of para-hydroxylation sites is 1. The van der Waals surface area contributed by atoms with E-state index >= 15 is 0 Å². The molecule has 21 heavy (non-hydrogen) atoms. The molecule has 6 nitrogen and oxygen atoms in total. The van der Waals surface area contributed by atoms with E-state index in [2.05, 4.69) is 5.32 Å². The van der Waals surface area contributed by atoms with Gasteiger partial charge in [0.2, 0.25) is 0 Å². The molecule has 0 aliphatic rings. The number of halogens is 1. The number of benzene rings is 2. The van der Waals surface area contributed by atoms with Crippen LogP contribution in [0.25, 0.3) is 0 Å². The second kappa shape index (κ2) is 5.79. The molecule has 2 rings (SSSR count). The Bertz CT molecular complexity index is 768. The Morgan fingerprint density at radius 1 is 1.29 bits per heavy atom. The molecule has 0 saturated carbocycles. The standard InChI is InChI=1S/C14H8FN3O3/c15-11-5-2-6-12(18(20)21)13(11)17-14(19)10-4-1-3-9(7-10)8-16/h1-7H,(H,17,19). The Morgan fingerprint density at radius 2 is 2.00 bits per heavy atom. The number of rotatable bonds is 3. The van der Waals surface area contributed by atoms with Crippen LogP contribution in [0.5, 0.6) is 0 Å². The van der Waals surface area contributed by atoms with Gasteiger partial charge in [-0.1, -0.05) is 12.1 Å². The van der Waals surface area contributed by atoms with Crippen molar-refractivity contribution in [1.82, 2.24) is 0 Å². The van der Waals surface area contributed by atoms with E-state index in [0.717, 1.165) is 12.1 Å². The van der Waals surface area contributed by atoms with Crippen LogP contribution in [0.1, 0.15) is 15.9 Å². The maximum Gasteiger partial charge on any atom is 0.295 e. The van der Waals surface area contributed by atoms with E-state index in [9.17, 15) is 19.3 Å². The van der Waals surface area contributed by atoms with E-state index in [1.807, 2.05) is 6.07 Å². The number of nitro benzene ring substituents is 1. The highest BCUT2D eigenvalue weighted by Crippen LogP contribution is 2.27. The summed E-state index contributed by atoms with van der Waals surface area (Å²) in [6, 6.07) is 10.9. The first-order chi connectivity index (χ1) is 10.0. The zero-order valence-electron chi connectivity index (χ0n) is 10.5. The number of anilines is 1. The van der Waals surface area contributed by atoms with Gasteiger partial charge in [0.1, 0.15) is 0 Å². The number of nitrogens with zero attached hydrogens (tertiary/aromatic N) is 2. The van der Waals surface area contributed by atoms with Gasteiger partial charge in [0.25, 0.3) is 11.6 Å². The van der Waals surface area contributed by atoms with E-state index in [4.69, 9.17) is 5.26 Å². The van der Waals surface area contributed by atoms with Crippen molar-refractivity contribution in [1.29, 1.82) is 5.26 Å². The van der Waals surface area contributed by atoms with Crippen molar-refractivity contribution in [3.63, 3.8) is 0 Å². The predicted molar refractivity (Wildman–Crippen MR) is 72.2 cm³/mol. The number of hydrogen-bond donors (Lipinski definition) is 1. The molecule has 1 N–H and O–H groups in total. The molecule has 0 aromatic heterocycles. The highest BCUT2D eigenvalue weighted by Gasteiger charge is 2.20. The first kappa shape index (κ1) is 14.1. The van der Waals surface area contributed by atoms with Crippen molar-refractivity contribution < 1.29 is 14.1 Å². The third-order valence-electron chi connectivity index (χ3n) is 2.68. The zero-order valence-corrected chi connectivity index (χ0v) is 10.5. The number of hydrogen-bond acceptors (Lipinski definition) is 4. The zero-order chi connectivity index (χ0) is 15.4. The minimum absolute atomic E-state index is 0.103. The van der Waals surface area contributed by atoms with Crippen LogP contribution in [0.3, 0.4) is 0 Å². The molecule has 0 radical (unpaired) electrons. The first-order valence-electron chi connectivity index (χ1n) is 5.77. The molecular weight excluding hydrogens is 277 g/mol. The molecule has 104 valence electrons. The molecule has 1 amide bonds.